The first kappa shape index (κ1) is 13.9. The summed E-state index contributed by atoms with van der Waals surface area (Å²) in [5.41, 5.74) is 2.31. The van der Waals surface area contributed by atoms with Crippen molar-refractivity contribution in [1.82, 2.24) is 9.38 Å². The van der Waals surface area contributed by atoms with Crippen LogP contribution in [0.2, 0.25) is 0 Å². The standard InChI is InChI=1S/C16H14N2O4/c1-21-11-4-5-14(22-2)12(7-11)10-3-6-15-17-13(16(19)20)9-18(15)8-10/h3-9H,1-2H3,(H,19,20). The van der Waals surface area contributed by atoms with Crippen LogP contribution in [0.1, 0.15) is 10.5 Å². The van der Waals surface area contributed by atoms with Gasteiger partial charge in [-0.3, -0.25) is 0 Å². The number of hydrogen-bond donors (Lipinski definition) is 1. The molecule has 1 N–H and O–H groups in total. The molecule has 0 aliphatic heterocycles. The molecule has 1 aromatic carbocycles. The highest BCUT2D eigenvalue weighted by molar-refractivity contribution is 5.86. The molecule has 0 radical (unpaired) electrons. The van der Waals surface area contributed by atoms with Crippen molar-refractivity contribution in [3.05, 3.63) is 48.4 Å². The Labute approximate surface area is 126 Å². The largest absolute Gasteiger partial charge is 0.497 e. The van der Waals surface area contributed by atoms with Crippen molar-refractivity contribution in [2.24, 2.45) is 0 Å². The molecule has 6 heteroatoms. The summed E-state index contributed by atoms with van der Waals surface area (Å²) in [5, 5.41) is 9.01. The van der Waals surface area contributed by atoms with E-state index in [1.807, 2.05) is 30.5 Å². The Bertz CT molecular complexity index is 854. The molecule has 3 rings (SSSR count). The summed E-state index contributed by atoms with van der Waals surface area (Å²) in [5.74, 6) is 0.371. The number of carbonyl (C=O) groups is 1. The number of pyridine rings is 1. The Balaban J connectivity index is 2.15. The number of rotatable bonds is 4. The highest BCUT2D eigenvalue weighted by atomic mass is 16.5. The highest BCUT2D eigenvalue weighted by Crippen LogP contribution is 2.33. The van der Waals surface area contributed by atoms with Crippen LogP contribution in [0.4, 0.5) is 0 Å². The van der Waals surface area contributed by atoms with Crippen LogP contribution in [0.15, 0.2) is 42.7 Å². The van der Waals surface area contributed by atoms with Gasteiger partial charge in [-0.1, -0.05) is 0 Å². The minimum absolute atomic E-state index is 0.00903. The summed E-state index contributed by atoms with van der Waals surface area (Å²) in [7, 11) is 3.20. The third kappa shape index (κ3) is 2.35. The third-order valence-electron chi connectivity index (χ3n) is 3.39. The molecule has 0 aliphatic rings. The van der Waals surface area contributed by atoms with Crippen molar-refractivity contribution in [2.45, 2.75) is 0 Å². The highest BCUT2D eigenvalue weighted by Gasteiger charge is 2.12. The van der Waals surface area contributed by atoms with E-state index in [9.17, 15) is 4.79 Å². The number of imidazole rings is 1. The van der Waals surface area contributed by atoms with Gasteiger partial charge in [0.1, 0.15) is 17.1 Å². The number of aromatic nitrogens is 2. The van der Waals surface area contributed by atoms with Crippen molar-refractivity contribution in [3.8, 4) is 22.6 Å². The van der Waals surface area contributed by atoms with E-state index in [1.54, 1.807) is 24.7 Å². The number of methoxy groups -OCH3 is 2. The number of ether oxygens (including phenoxy) is 2. The zero-order valence-electron chi connectivity index (χ0n) is 12.1. The number of benzene rings is 1. The van der Waals surface area contributed by atoms with E-state index in [4.69, 9.17) is 14.6 Å². The molecule has 6 nitrogen and oxygen atoms in total. The van der Waals surface area contributed by atoms with Gasteiger partial charge in [-0.15, -0.1) is 0 Å². The van der Waals surface area contributed by atoms with Gasteiger partial charge in [-0.25, -0.2) is 9.78 Å². The Morgan fingerprint density at radius 3 is 2.64 bits per heavy atom. The molecule has 0 aliphatic carbocycles. The molecule has 2 heterocycles. The fourth-order valence-corrected chi connectivity index (χ4v) is 2.29. The van der Waals surface area contributed by atoms with Gasteiger partial charge in [-0.2, -0.15) is 0 Å². The molecule has 0 saturated heterocycles. The van der Waals surface area contributed by atoms with E-state index in [0.29, 0.717) is 17.1 Å². The molecule has 22 heavy (non-hydrogen) atoms. The summed E-state index contributed by atoms with van der Waals surface area (Å²) >= 11 is 0. The monoisotopic (exact) mass is 298 g/mol. The van der Waals surface area contributed by atoms with Crippen LogP contribution in [0.5, 0.6) is 11.5 Å². The molecule has 3 aromatic rings. The predicted octanol–water partition coefficient (Wildman–Crippen LogP) is 2.72. The van der Waals surface area contributed by atoms with E-state index in [-0.39, 0.29) is 5.69 Å². The van der Waals surface area contributed by atoms with Crippen LogP contribution in [-0.2, 0) is 0 Å². The van der Waals surface area contributed by atoms with E-state index >= 15 is 0 Å². The molecule has 112 valence electrons. The summed E-state index contributed by atoms with van der Waals surface area (Å²) in [4.78, 5) is 15.0. The van der Waals surface area contributed by atoms with E-state index < -0.39 is 5.97 Å². The summed E-state index contributed by atoms with van der Waals surface area (Å²) in [6.45, 7) is 0. The molecule has 2 aromatic heterocycles. The maximum Gasteiger partial charge on any atom is 0.356 e. The van der Waals surface area contributed by atoms with E-state index in [1.165, 1.54) is 6.20 Å². The second-order valence-electron chi connectivity index (χ2n) is 4.68. The lowest BCUT2D eigenvalue weighted by molar-refractivity contribution is 0.0691. The van der Waals surface area contributed by atoms with Gasteiger partial charge in [0.05, 0.1) is 14.2 Å². The van der Waals surface area contributed by atoms with Gasteiger partial charge >= 0.3 is 5.97 Å². The van der Waals surface area contributed by atoms with Crippen LogP contribution < -0.4 is 9.47 Å². The molecule has 0 saturated carbocycles. The van der Waals surface area contributed by atoms with Crippen LogP contribution >= 0.6 is 0 Å². The van der Waals surface area contributed by atoms with Gasteiger partial charge in [-0.05, 0) is 30.3 Å². The number of hydrogen-bond acceptors (Lipinski definition) is 4. The summed E-state index contributed by atoms with van der Waals surface area (Å²) in [6.07, 6.45) is 3.29. The fraction of sp³-hybridized carbons (Fsp3) is 0.125. The van der Waals surface area contributed by atoms with Crippen molar-refractivity contribution in [3.63, 3.8) is 0 Å². The van der Waals surface area contributed by atoms with Gasteiger partial charge in [0.2, 0.25) is 0 Å². The molecule has 0 unspecified atom stereocenters. The lowest BCUT2D eigenvalue weighted by Crippen LogP contribution is -1.94. The molecule has 0 atom stereocenters. The second kappa shape index (κ2) is 5.40. The van der Waals surface area contributed by atoms with Gasteiger partial charge in [0.25, 0.3) is 0 Å². The normalized spacial score (nSPS) is 10.6. The average molecular weight is 298 g/mol. The fourth-order valence-electron chi connectivity index (χ4n) is 2.29. The molecule has 0 amide bonds. The first-order chi connectivity index (χ1) is 10.6. The number of nitrogens with zero attached hydrogens (tertiary/aromatic N) is 2. The number of carboxylic acids is 1. The molecular formula is C16H14N2O4. The summed E-state index contributed by atoms with van der Waals surface area (Å²) < 4.78 is 12.3. The van der Waals surface area contributed by atoms with Crippen molar-refractivity contribution in [2.75, 3.05) is 14.2 Å². The average Bonchev–Trinajstić information content (AvgIpc) is 2.97. The lowest BCUT2D eigenvalue weighted by atomic mass is 10.1. The first-order valence-corrected chi connectivity index (χ1v) is 6.57. The zero-order valence-corrected chi connectivity index (χ0v) is 12.1. The molecular weight excluding hydrogens is 284 g/mol. The minimum Gasteiger partial charge on any atom is -0.497 e. The van der Waals surface area contributed by atoms with Crippen LogP contribution in [0, 0.1) is 0 Å². The van der Waals surface area contributed by atoms with Crippen molar-refractivity contribution >= 4 is 11.6 Å². The third-order valence-corrected chi connectivity index (χ3v) is 3.39. The van der Waals surface area contributed by atoms with Crippen molar-refractivity contribution in [1.29, 1.82) is 0 Å². The minimum atomic E-state index is -1.05. The zero-order chi connectivity index (χ0) is 15.7. The Morgan fingerprint density at radius 1 is 1.14 bits per heavy atom. The number of carboxylic acid groups (broad SMARTS) is 1. The SMILES string of the molecule is COc1ccc(OC)c(-c2ccc3nc(C(=O)O)cn3c2)c1. The van der Waals surface area contributed by atoms with Gasteiger partial charge in [0, 0.05) is 23.5 Å². The maximum absolute atomic E-state index is 11.0. The second-order valence-corrected chi connectivity index (χ2v) is 4.68. The Hall–Kier alpha value is -3.02. The van der Waals surface area contributed by atoms with Crippen LogP contribution in [0.3, 0.4) is 0 Å². The summed E-state index contributed by atoms with van der Waals surface area (Å²) in [6, 6.07) is 9.15. The quantitative estimate of drug-likeness (QED) is 0.801. The maximum atomic E-state index is 11.0. The predicted molar refractivity (Wildman–Crippen MR) is 80.7 cm³/mol. The number of aromatic carboxylic acids is 1. The van der Waals surface area contributed by atoms with Crippen LogP contribution in [0.25, 0.3) is 16.8 Å². The van der Waals surface area contributed by atoms with E-state index in [0.717, 1.165) is 11.1 Å². The van der Waals surface area contributed by atoms with Crippen LogP contribution in [-0.4, -0.2) is 34.7 Å². The number of fused-ring (bicyclic) bond motifs is 1. The Morgan fingerprint density at radius 2 is 1.95 bits per heavy atom. The molecule has 0 bridgehead atoms. The van der Waals surface area contributed by atoms with Crippen molar-refractivity contribution < 1.29 is 19.4 Å². The van der Waals surface area contributed by atoms with Gasteiger partial charge < -0.3 is 19.0 Å². The molecule has 0 fully saturated rings. The van der Waals surface area contributed by atoms with Gasteiger partial charge in [0.15, 0.2) is 5.69 Å². The molecule has 0 spiro atoms. The Kier molecular flexibility index (Phi) is 3.42. The topological polar surface area (TPSA) is 73.1 Å². The smallest absolute Gasteiger partial charge is 0.356 e. The first-order valence-electron chi connectivity index (χ1n) is 6.57. The lowest BCUT2D eigenvalue weighted by Gasteiger charge is -2.11. The van der Waals surface area contributed by atoms with E-state index in [2.05, 4.69) is 4.98 Å².